The highest BCUT2D eigenvalue weighted by molar-refractivity contribution is 5.78. The van der Waals surface area contributed by atoms with E-state index in [0.29, 0.717) is 54.6 Å². The first-order valence-electron chi connectivity index (χ1n) is 9.28. The van der Waals surface area contributed by atoms with Crippen molar-refractivity contribution >= 4 is 11.9 Å². The molecule has 8 heteroatoms. The molecule has 0 saturated carbocycles. The molecule has 3 aromatic rings. The van der Waals surface area contributed by atoms with Crippen LogP contribution >= 0.6 is 0 Å². The van der Waals surface area contributed by atoms with Crippen molar-refractivity contribution in [1.82, 2.24) is 20.1 Å². The van der Waals surface area contributed by atoms with E-state index in [0.717, 1.165) is 0 Å². The number of amides is 1. The fraction of sp³-hybridized carbons (Fsp3) is 0.238. The van der Waals surface area contributed by atoms with E-state index in [9.17, 15) is 13.6 Å². The molecule has 0 unspecified atom stereocenters. The standard InChI is InChI=1S/C21H19F2N5O/c1-14(29)27-10-12-28(13-11-27)21-24-19(15-2-6-17(22)7-3-15)20(25-26-21)16-4-8-18(23)9-5-16/h2-9H,10-13H2,1H3. The maximum absolute atomic E-state index is 13.4. The molecule has 1 aliphatic heterocycles. The minimum Gasteiger partial charge on any atom is -0.339 e. The van der Waals surface area contributed by atoms with Gasteiger partial charge in [-0.3, -0.25) is 4.79 Å². The molecule has 0 N–H and O–H groups in total. The third-order valence-electron chi connectivity index (χ3n) is 4.92. The summed E-state index contributed by atoms with van der Waals surface area (Å²) >= 11 is 0. The van der Waals surface area contributed by atoms with E-state index in [1.165, 1.54) is 24.3 Å². The van der Waals surface area contributed by atoms with Gasteiger partial charge in [0.1, 0.15) is 23.0 Å². The molecule has 148 valence electrons. The summed E-state index contributed by atoms with van der Waals surface area (Å²) in [7, 11) is 0. The lowest BCUT2D eigenvalue weighted by Gasteiger charge is -2.34. The van der Waals surface area contributed by atoms with Crippen molar-refractivity contribution in [3.05, 3.63) is 60.2 Å². The summed E-state index contributed by atoms with van der Waals surface area (Å²) in [6.45, 7) is 3.92. The summed E-state index contributed by atoms with van der Waals surface area (Å²) in [6.07, 6.45) is 0. The van der Waals surface area contributed by atoms with Crippen LogP contribution in [0.5, 0.6) is 0 Å². The Balaban J connectivity index is 1.72. The Kier molecular flexibility index (Phi) is 5.16. The minimum atomic E-state index is -0.349. The lowest BCUT2D eigenvalue weighted by Crippen LogP contribution is -2.48. The van der Waals surface area contributed by atoms with Gasteiger partial charge in [-0.05, 0) is 48.5 Å². The number of carbonyl (C=O) groups excluding carboxylic acids is 1. The number of carbonyl (C=O) groups is 1. The van der Waals surface area contributed by atoms with Gasteiger partial charge < -0.3 is 9.80 Å². The first-order chi connectivity index (χ1) is 14.0. The van der Waals surface area contributed by atoms with Crippen molar-refractivity contribution in [3.8, 4) is 22.5 Å². The fourth-order valence-corrected chi connectivity index (χ4v) is 3.28. The molecule has 29 heavy (non-hydrogen) atoms. The van der Waals surface area contributed by atoms with Gasteiger partial charge in [-0.1, -0.05) is 0 Å². The van der Waals surface area contributed by atoms with Crippen LogP contribution in [0.1, 0.15) is 6.92 Å². The zero-order valence-corrected chi connectivity index (χ0v) is 15.8. The van der Waals surface area contributed by atoms with E-state index in [1.54, 1.807) is 36.1 Å². The SMILES string of the molecule is CC(=O)N1CCN(c2nnc(-c3ccc(F)cc3)c(-c3ccc(F)cc3)n2)CC1. The molecule has 1 aliphatic rings. The Labute approximate surface area is 166 Å². The van der Waals surface area contributed by atoms with Gasteiger partial charge in [-0.25, -0.2) is 13.8 Å². The average molecular weight is 395 g/mol. The molecule has 1 amide bonds. The molecule has 2 heterocycles. The van der Waals surface area contributed by atoms with Crippen LogP contribution in [0.15, 0.2) is 48.5 Å². The Hall–Kier alpha value is -3.42. The van der Waals surface area contributed by atoms with Gasteiger partial charge in [0.05, 0.1) is 0 Å². The van der Waals surface area contributed by atoms with Crippen molar-refractivity contribution in [2.75, 3.05) is 31.1 Å². The van der Waals surface area contributed by atoms with E-state index in [4.69, 9.17) is 4.98 Å². The number of rotatable bonds is 3. The molecular formula is C21H19F2N5O. The molecule has 0 atom stereocenters. The van der Waals surface area contributed by atoms with Crippen LogP contribution < -0.4 is 4.90 Å². The van der Waals surface area contributed by atoms with Gasteiger partial charge in [0.15, 0.2) is 0 Å². The van der Waals surface area contributed by atoms with Crippen molar-refractivity contribution in [1.29, 1.82) is 0 Å². The Bertz CT molecular complexity index is 1020. The van der Waals surface area contributed by atoms with E-state index >= 15 is 0 Å². The maximum Gasteiger partial charge on any atom is 0.246 e. The number of piperazine rings is 1. The summed E-state index contributed by atoms with van der Waals surface area (Å²) in [6, 6.07) is 11.9. The number of nitrogens with zero attached hydrogens (tertiary/aromatic N) is 5. The molecular weight excluding hydrogens is 376 g/mol. The molecule has 0 radical (unpaired) electrons. The van der Waals surface area contributed by atoms with Crippen LogP contribution in [0, 0.1) is 11.6 Å². The zero-order chi connectivity index (χ0) is 20.4. The molecule has 1 fully saturated rings. The van der Waals surface area contributed by atoms with Gasteiger partial charge in [0, 0.05) is 44.2 Å². The number of halogens is 2. The minimum absolute atomic E-state index is 0.0438. The highest BCUT2D eigenvalue weighted by Crippen LogP contribution is 2.30. The molecule has 1 saturated heterocycles. The molecule has 6 nitrogen and oxygen atoms in total. The Morgan fingerprint density at radius 2 is 1.31 bits per heavy atom. The van der Waals surface area contributed by atoms with E-state index in [2.05, 4.69) is 10.2 Å². The van der Waals surface area contributed by atoms with Crippen molar-refractivity contribution in [3.63, 3.8) is 0 Å². The lowest BCUT2D eigenvalue weighted by atomic mass is 10.0. The number of hydrogen-bond donors (Lipinski definition) is 0. The lowest BCUT2D eigenvalue weighted by molar-refractivity contribution is -0.129. The fourth-order valence-electron chi connectivity index (χ4n) is 3.28. The number of benzene rings is 2. The van der Waals surface area contributed by atoms with Crippen molar-refractivity contribution in [2.45, 2.75) is 6.92 Å². The predicted molar refractivity (Wildman–Crippen MR) is 105 cm³/mol. The van der Waals surface area contributed by atoms with Crippen LogP contribution in [0.3, 0.4) is 0 Å². The van der Waals surface area contributed by atoms with Crippen LogP contribution in [0.4, 0.5) is 14.7 Å². The van der Waals surface area contributed by atoms with Gasteiger partial charge in [0.2, 0.25) is 11.9 Å². The summed E-state index contributed by atoms with van der Waals surface area (Å²) in [5.41, 5.74) is 2.38. The van der Waals surface area contributed by atoms with Crippen molar-refractivity contribution in [2.24, 2.45) is 0 Å². The van der Waals surface area contributed by atoms with Crippen molar-refractivity contribution < 1.29 is 13.6 Å². The summed E-state index contributed by atoms with van der Waals surface area (Å²) < 4.78 is 26.7. The van der Waals surface area contributed by atoms with Gasteiger partial charge in [-0.15, -0.1) is 10.2 Å². The second kappa shape index (κ2) is 7.90. The highest BCUT2D eigenvalue weighted by atomic mass is 19.1. The van der Waals surface area contributed by atoms with Gasteiger partial charge >= 0.3 is 0 Å². The molecule has 0 aliphatic carbocycles. The Morgan fingerprint density at radius 1 is 0.793 bits per heavy atom. The highest BCUT2D eigenvalue weighted by Gasteiger charge is 2.22. The van der Waals surface area contributed by atoms with Gasteiger partial charge in [0.25, 0.3) is 0 Å². The van der Waals surface area contributed by atoms with Gasteiger partial charge in [-0.2, -0.15) is 0 Å². The topological polar surface area (TPSA) is 62.2 Å². The van der Waals surface area contributed by atoms with Crippen LogP contribution in [0.2, 0.25) is 0 Å². The third kappa shape index (κ3) is 4.06. The summed E-state index contributed by atoms with van der Waals surface area (Å²) in [4.78, 5) is 20.0. The van der Waals surface area contributed by atoms with Crippen LogP contribution in [0.25, 0.3) is 22.5 Å². The number of aromatic nitrogens is 3. The predicted octanol–water partition coefficient (Wildman–Crippen LogP) is 3.15. The number of anilines is 1. The van der Waals surface area contributed by atoms with E-state index in [1.807, 2.05) is 4.90 Å². The average Bonchev–Trinajstić information content (AvgIpc) is 2.75. The molecule has 2 aromatic carbocycles. The number of hydrogen-bond acceptors (Lipinski definition) is 5. The molecule has 4 rings (SSSR count). The van der Waals surface area contributed by atoms with E-state index < -0.39 is 0 Å². The second-order valence-corrected chi connectivity index (χ2v) is 6.82. The van der Waals surface area contributed by atoms with Crippen LogP contribution in [-0.4, -0.2) is 52.2 Å². The largest absolute Gasteiger partial charge is 0.339 e. The summed E-state index contributed by atoms with van der Waals surface area (Å²) in [5.74, 6) is -0.210. The molecule has 1 aromatic heterocycles. The monoisotopic (exact) mass is 395 g/mol. The zero-order valence-electron chi connectivity index (χ0n) is 15.8. The maximum atomic E-state index is 13.4. The molecule has 0 spiro atoms. The summed E-state index contributed by atoms with van der Waals surface area (Å²) in [5, 5.41) is 8.62. The van der Waals surface area contributed by atoms with E-state index in [-0.39, 0.29) is 17.5 Å². The normalized spacial score (nSPS) is 14.2. The van der Waals surface area contributed by atoms with Crippen LogP contribution in [-0.2, 0) is 4.79 Å². The third-order valence-corrected chi connectivity index (χ3v) is 4.92. The quantitative estimate of drug-likeness (QED) is 0.682. The first-order valence-corrected chi connectivity index (χ1v) is 9.28. The Morgan fingerprint density at radius 3 is 1.83 bits per heavy atom. The molecule has 0 bridgehead atoms. The smallest absolute Gasteiger partial charge is 0.246 e. The first kappa shape index (κ1) is 18.9. The second-order valence-electron chi connectivity index (χ2n) is 6.82.